The fraction of sp³-hybridized carbons (Fsp3) is 0.107. The van der Waals surface area contributed by atoms with Crippen LogP contribution in [0.2, 0.25) is 0 Å². The van der Waals surface area contributed by atoms with Crippen LogP contribution in [0.1, 0.15) is 44.0 Å². The molecule has 0 unspecified atom stereocenters. The minimum atomic E-state index is -0.922. The first-order valence-electron chi connectivity index (χ1n) is 11.9. The van der Waals surface area contributed by atoms with Crippen molar-refractivity contribution in [3.05, 3.63) is 119 Å². The lowest BCUT2D eigenvalue weighted by Gasteiger charge is -2.04. The van der Waals surface area contributed by atoms with Crippen molar-refractivity contribution < 1.29 is 19.5 Å². The number of thiophene rings is 1. The number of amides is 2. The summed E-state index contributed by atoms with van der Waals surface area (Å²) < 4.78 is 0. The van der Waals surface area contributed by atoms with Gasteiger partial charge in [0.25, 0.3) is 22.9 Å². The van der Waals surface area contributed by atoms with Crippen molar-refractivity contribution in [2.75, 3.05) is 11.9 Å². The number of carbonyl (C=O) groups excluding carboxylic acids is 2. The van der Waals surface area contributed by atoms with Crippen LogP contribution in [-0.2, 0) is 4.79 Å². The van der Waals surface area contributed by atoms with Gasteiger partial charge in [-0.3, -0.25) is 24.0 Å². The third-order valence-electron chi connectivity index (χ3n) is 5.55. The Morgan fingerprint density at radius 2 is 1.41 bits per heavy atom. The molecular formula is C28H24N4O6S. The second-order valence-electron chi connectivity index (χ2n) is 8.45. The van der Waals surface area contributed by atoms with E-state index in [0.717, 1.165) is 0 Å². The average Bonchev–Trinajstić information content (AvgIpc) is 3.46. The Labute approximate surface area is 225 Å². The monoisotopic (exact) mass is 544 g/mol. The molecule has 5 N–H and O–H groups in total. The molecule has 2 heterocycles. The summed E-state index contributed by atoms with van der Waals surface area (Å²) >= 11 is 1.34. The van der Waals surface area contributed by atoms with Gasteiger partial charge in [0.1, 0.15) is 10.7 Å². The molecule has 11 heteroatoms. The van der Waals surface area contributed by atoms with E-state index in [1.807, 2.05) is 5.38 Å². The SMILES string of the molecule is O=C(O)CCCNC(=O)c1ccc(/C=c2\[nH]c(=O)/c(=C/c3ccc(NC(=O)c4cccs4)cc3)[nH]c2=O)cc1. The lowest BCUT2D eigenvalue weighted by Crippen LogP contribution is -2.46. The fourth-order valence-corrected chi connectivity index (χ4v) is 4.19. The summed E-state index contributed by atoms with van der Waals surface area (Å²) in [6.07, 6.45) is 3.32. The fourth-order valence-electron chi connectivity index (χ4n) is 3.57. The number of nitrogens with one attached hydrogen (secondary N) is 4. The molecule has 0 spiro atoms. The third-order valence-corrected chi connectivity index (χ3v) is 6.42. The van der Waals surface area contributed by atoms with E-state index in [2.05, 4.69) is 20.6 Å². The van der Waals surface area contributed by atoms with E-state index < -0.39 is 17.1 Å². The van der Waals surface area contributed by atoms with Crippen LogP contribution >= 0.6 is 11.3 Å². The number of benzene rings is 2. The molecule has 2 amide bonds. The van der Waals surface area contributed by atoms with Crippen molar-refractivity contribution in [1.29, 1.82) is 0 Å². The minimum Gasteiger partial charge on any atom is -0.481 e. The largest absolute Gasteiger partial charge is 0.481 e. The Morgan fingerprint density at radius 3 is 1.95 bits per heavy atom. The van der Waals surface area contributed by atoms with Gasteiger partial charge in [-0.15, -0.1) is 11.3 Å². The molecule has 0 fully saturated rings. The highest BCUT2D eigenvalue weighted by Crippen LogP contribution is 2.14. The maximum atomic E-state index is 12.6. The number of aromatic nitrogens is 2. The summed E-state index contributed by atoms with van der Waals surface area (Å²) in [6.45, 7) is 0.245. The van der Waals surface area contributed by atoms with Gasteiger partial charge in [0.2, 0.25) is 0 Å². The van der Waals surface area contributed by atoms with Gasteiger partial charge in [-0.25, -0.2) is 0 Å². The van der Waals surface area contributed by atoms with Gasteiger partial charge in [0.15, 0.2) is 0 Å². The van der Waals surface area contributed by atoms with Gasteiger partial charge in [-0.05, 0) is 65.4 Å². The molecule has 198 valence electrons. The summed E-state index contributed by atoms with van der Waals surface area (Å²) in [4.78, 5) is 65.9. The summed E-state index contributed by atoms with van der Waals surface area (Å²) in [5.41, 5.74) is 1.23. The van der Waals surface area contributed by atoms with Gasteiger partial charge < -0.3 is 25.7 Å². The highest BCUT2D eigenvalue weighted by atomic mass is 32.1. The van der Waals surface area contributed by atoms with E-state index in [4.69, 9.17) is 5.11 Å². The van der Waals surface area contributed by atoms with Crippen molar-refractivity contribution in [3.8, 4) is 0 Å². The lowest BCUT2D eigenvalue weighted by molar-refractivity contribution is -0.137. The molecule has 0 saturated carbocycles. The third kappa shape index (κ3) is 7.49. The first-order valence-corrected chi connectivity index (χ1v) is 12.8. The summed E-state index contributed by atoms with van der Waals surface area (Å²) in [7, 11) is 0. The quantitative estimate of drug-likeness (QED) is 0.201. The number of aliphatic carboxylic acids is 1. The van der Waals surface area contributed by atoms with Crippen LogP contribution in [0.15, 0.2) is 75.6 Å². The van der Waals surface area contributed by atoms with Crippen LogP contribution in [-0.4, -0.2) is 39.4 Å². The number of anilines is 1. The Hall–Kier alpha value is -5.03. The molecule has 2 aromatic heterocycles. The van der Waals surface area contributed by atoms with Gasteiger partial charge in [-0.1, -0.05) is 30.3 Å². The Kier molecular flexibility index (Phi) is 8.64. The number of hydrogen-bond acceptors (Lipinski definition) is 6. The Morgan fingerprint density at radius 1 is 0.821 bits per heavy atom. The van der Waals surface area contributed by atoms with Gasteiger partial charge >= 0.3 is 5.97 Å². The van der Waals surface area contributed by atoms with Crippen LogP contribution in [0.25, 0.3) is 12.2 Å². The van der Waals surface area contributed by atoms with Crippen LogP contribution < -0.4 is 32.5 Å². The first-order chi connectivity index (χ1) is 18.8. The maximum Gasteiger partial charge on any atom is 0.303 e. The van der Waals surface area contributed by atoms with E-state index >= 15 is 0 Å². The van der Waals surface area contributed by atoms with Crippen LogP contribution in [0.3, 0.4) is 0 Å². The molecular weight excluding hydrogens is 520 g/mol. The van der Waals surface area contributed by atoms with E-state index in [9.17, 15) is 24.0 Å². The number of carboxylic acid groups (broad SMARTS) is 1. The second kappa shape index (κ2) is 12.5. The van der Waals surface area contributed by atoms with Crippen LogP contribution in [0, 0.1) is 0 Å². The molecule has 0 atom stereocenters. The molecule has 2 aromatic carbocycles. The standard InChI is InChI=1S/C28H24N4O6S/c33-24(34)4-1-13-29-25(35)19-9-5-17(6-10-19)15-21-26(36)32-22(27(37)31-21)16-18-7-11-20(12-8-18)30-28(38)23-3-2-14-39-23/h2-3,5-12,14-16H,1,4,13H2,(H,29,35)(H,30,38)(H,31,37)(H,32,36)(H,33,34)/b21-15-,22-16-. The maximum absolute atomic E-state index is 12.6. The van der Waals surface area contributed by atoms with Crippen LogP contribution in [0.4, 0.5) is 5.69 Å². The predicted molar refractivity (Wildman–Crippen MR) is 148 cm³/mol. The predicted octanol–water partition coefficient (Wildman–Crippen LogP) is 1.63. The van der Waals surface area contributed by atoms with Crippen LogP contribution in [0.5, 0.6) is 0 Å². The van der Waals surface area contributed by atoms with E-state index in [1.54, 1.807) is 60.7 Å². The number of carboxylic acids is 1. The van der Waals surface area contributed by atoms with Crippen molar-refractivity contribution >= 4 is 47.0 Å². The molecule has 0 aliphatic rings. The Bertz CT molecular complexity index is 1720. The van der Waals surface area contributed by atoms with Crippen molar-refractivity contribution in [2.24, 2.45) is 0 Å². The van der Waals surface area contributed by atoms with Gasteiger partial charge in [0, 0.05) is 24.2 Å². The number of rotatable bonds is 9. The molecule has 4 rings (SSSR count). The zero-order valence-corrected chi connectivity index (χ0v) is 21.3. The smallest absolute Gasteiger partial charge is 0.303 e. The number of hydrogen-bond donors (Lipinski definition) is 5. The Balaban J connectivity index is 1.46. The topological polar surface area (TPSA) is 161 Å². The average molecular weight is 545 g/mol. The van der Waals surface area contributed by atoms with E-state index in [0.29, 0.717) is 33.7 Å². The van der Waals surface area contributed by atoms with E-state index in [1.165, 1.54) is 23.5 Å². The first kappa shape index (κ1) is 27.0. The number of aromatic amines is 2. The molecule has 4 aromatic rings. The highest BCUT2D eigenvalue weighted by Gasteiger charge is 2.07. The molecule has 0 bridgehead atoms. The molecule has 0 aliphatic carbocycles. The number of carbonyl (C=O) groups is 3. The highest BCUT2D eigenvalue weighted by molar-refractivity contribution is 7.12. The molecule has 39 heavy (non-hydrogen) atoms. The zero-order valence-electron chi connectivity index (χ0n) is 20.5. The lowest BCUT2D eigenvalue weighted by atomic mass is 10.1. The summed E-state index contributed by atoms with van der Waals surface area (Å²) in [6, 6.07) is 16.8. The minimum absolute atomic E-state index is 0.0281. The molecule has 0 aliphatic heterocycles. The van der Waals surface area contributed by atoms with Crippen molar-refractivity contribution in [3.63, 3.8) is 0 Å². The van der Waals surface area contributed by atoms with Gasteiger partial charge in [0.05, 0.1) is 4.88 Å². The molecule has 10 nitrogen and oxygen atoms in total. The van der Waals surface area contributed by atoms with Gasteiger partial charge in [-0.2, -0.15) is 0 Å². The van der Waals surface area contributed by atoms with Crippen molar-refractivity contribution in [1.82, 2.24) is 15.3 Å². The number of H-pyrrole nitrogens is 2. The summed E-state index contributed by atoms with van der Waals surface area (Å²) in [5, 5.41) is 16.0. The second-order valence-corrected chi connectivity index (χ2v) is 9.40. The normalized spacial score (nSPS) is 11.8. The zero-order chi connectivity index (χ0) is 27.8. The summed E-state index contributed by atoms with van der Waals surface area (Å²) in [5.74, 6) is -1.47. The molecule has 0 radical (unpaired) electrons. The van der Waals surface area contributed by atoms with Crippen molar-refractivity contribution in [2.45, 2.75) is 12.8 Å². The van der Waals surface area contributed by atoms with E-state index in [-0.39, 0.29) is 35.5 Å². The molecule has 0 saturated heterocycles.